The number of anilines is 1. The largest absolute Gasteiger partial charge is 0.497 e. The van der Waals surface area contributed by atoms with E-state index in [0.29, 0.717) is 5.75 Å². The van der Waals surface area contributed by atoms with Crippen LogP contribution < -0.4 is 10.1 Å². The average molecular weight is 289 g/mol. The average Bonchev–Trinajstić information content (AvgIpc) is 2.42. The Morgan fingerprint density at radius 1 is 1.25 bits per heavy atom. The molecule has 0 aromatic heterocycles. The van der Waals surface area contributed by atoms with E-state index in [9.17, 15) is 18.0 Å². The number of benzene rings is 1. The first-order valence-corrected chi connectivity index (χ1v) is 5.62. The fourth-order valence-electron chi connectivity index (χ4n) is 1.34. The molecular weight excluding hydrogens is 275 g/mol. The lowest BCUT2D eigenvalue weighted by atomic mass is 10.2. The number of carbonyl (C=O) groups is 1. The molecule has 0 heterocycles. The topological polar surface area (TPSA) is 47.6 Å². The molecule has 0 aliphatic carbocycles. The SMILES string of the molecule is COC(=O)C/C=C(\Nc1ccc(OC)cc1)C(F)(F)F. The number of halogens is 3. The highest BCUT2D eigenvalue weighted by atomic mass is 19.4. The minimum Gasteiger partial charge on any atom is -0.497 e. The maximum Gasteiger partial charge on any atom is 0.430 e. The van der Waals surface area contributed by atoms with E-state index in [1.54, 1.807) is 0 Å². The van der Waals surface area contributed by atoms with Gasteiger partial charge in [0.05, 0.1) is 20.6 Å². The van der Waals surface area contributed by atoms with E-state index in [1.165, 1.54) is 31.4 Å². The second-order valence-corrected chi connectivity index (χ2v) is 3.75. The summed E-state index contributed by atoms with van der Waals surface area (Å²) >= 11 is 0. The lowest BCUT2D eigenvalue weighted by molar-refractivity contribution is -0.139. The molecule has 1 rings (SSSR count). The van der Waals surface area contributed by atoms with Gasteiger partial charge < -0.3 is 14.8 Å². The molecule has 110 valence electrons. The first-order chi connectivity index (χ1) is 9.36. The predicted molar refractivity (Wildman–Crippen MR) is 67.4 cm³/mol. The molecule has 0 aliphatic heterocycles. The highest BCUT2D eigenvalue weighted by Crippen LogP contribution is 2.28. The van der Waals surface area contributed by atoms with Crippen LogP contribution >= 0.6 is 0 Å². The zero-order chi connectivity index (χ0) is 15.2. The minimum atomic E-state index is -4.59. The Kier molecular flexibility index (Phi) is 5.42. The first kappa shape index (κ1) is 15.9. The summed E-state index contributed by atoms with van der Waals surface area (Å²) in [6, 6.07) is 5.93. The molecule has 1 N–H and O–H groups in total. The second kappa shape index (κ2) is 6.83. The van der Waals surface area contributed by atoms with Crippen molar-refractivity contribution < 1.29 is 27.4 Å². The number of alkyl halides is 3. The van der Waals surface area contributed by atoms with Gasteiger partial charge in [-0.1, -0.05) is 0 Å². The maximum atomic E-state index is 12.8. The zero-order valence-electron chi connectivity index (χ0n) is 11.0. The summed E-state index contributed by atoms with van der Waals surface area (Å²) in [6.45, 7) is 0. The van der Waals surface area contributed by atoms with Crippen molar-refractivity contribution in [2.24, 2.45) is 0 Å². The lowest BCUT2D eigenvalue weighted by Gasteiger charge is -2.14. The molecule has 0 saturated heterocycles. The number of carbonyl (C=O) groups excluding carboxylic acids is 1. The van der Waals surface area contributed by atoms with Crippen LogP contribution in [0.15, 0.2) is 36.0 Å². The van der Waals surface area contributed by atoms with Gasteiger partial charge in [0.25, 0.3) is 0 Å². The minimum absolute atomic E-state index is 0.235. The van der Waals surface area contributed by atoms with Gasteiger partial charge in [-0.2, -0.15) is 13.2 Å². The van der Waals surface area contributed by atoms with E-state index >= 15 is 0 Å². The van der Waals surface area contributed by atoms with Crippen LogP contribution in [0, 0.1) is 0 Å². The van der Waals surface area contributed by atoms with Crippen molar-refractivity contribution in [2.45, 2.75) is 12.6 Å². The van der Waals surface area contributed by atoms with Gasteiger partial charge in [-0.05, 0) is 30.3 Å². The molecule has 0 unspecified atom stereocenters. The molecular formula is C13H14F3NO3. The van der Waals surface area contributed by atoms with Crippen LogP contribution in [0.5, 0.6) is 5.75 Å². The number of rotatable bonds is 5. The Bertz CT molecular complexity index is 481. The van der Waals surface area contributed by atoms with Crippen LogP contribution in [0.4, 0.5) is 18.9 Å². The second-order valence-electron chi connectivity index (χ2n) is 3.75. The number of esters is 1. The van der Waals surface area contributed by atoms with Crippen LogP contribution in [-0.2, 0) is 9.53 Å². The summed E-state index contributed by atoms with van der Waals surface area (Å²) in [7, 11) is 2.57. The van der Waals surface area contributed by atoms with E-state index in [2.05, 4.69) is 10.1 Å². The number of hydrogen-bond donors (Lipinski definition) is 1. The Hall–Kier alpha value is -2.18. The van der Waals surface area contributed by atoms with Crippen molar-refractivity contribution in [3.63, 3.8) is 0 Å². The van der Waals surface area contributed by atoms with Crippen molar-refractivity contribution in [2.75, 3.05) is 19.5 Å². The number of methoxy groups -OCH3 is 2. The van der Waals surface area contributed by atoms with Crippen molar-refractivity contribution in [1.29, 1.82) is 0 Å². The molecule has 0 amide bonds. The zero-order valence-corrected chi connectivity index (χ0v) is 11.0. The van der Waals surface area contributed by atoms with Crippen molar-refractivity contribution in [3.8, 4) is 5.75 Å². The highest BCUT2D eigenvalue weighted by Gasteiger charge is 2.34. The third-order valence-corrected chi connectivity index (χ3v) is 2.37. The van der Waals surface area contributed by atoms with Gasteiger partial charge in [0.15, 0.2) is 0 Å². The van der Waals surface area contributed by atoms with Gasteiger partial charge >= 0.3 is 12.1 Å². The van der Waals surface area contributed by atoms with Crippen LogP contribution in [0.2, 0.25) is 0 Å². The quantitative estimate of drug-likeness (QED) is 0.846. The maximum absolute atomic E-state index is 12.8. The molecule has 1 aromatic carbocycles. The summed E-state index contributed by atoms with van der Waals surface area (Å²) in [5, 5.41) is 2.22. The predicted octanol–water partition coefficient (Wildman–Crippen LogP) is 3.12. The fourth-order valence-corrected chi connectivity index (χ4v) is 1.34. The van der Waals surface area contributed by atoms with Gasteiger partial charge in [-0.15, -0.1) is 0 Å². The van der Waals surface area contributed by atoms with E-state index in [-0.39, 0.29) is 5.69 Å². The van der Waals surface area contributed by atoms with E-state index < -0.39 is 24.3 Å². The Labute approximate surface area is 114 Å². The molecule has 0 spiro atoms. The van der Waals surface area contributed by atoms with Gasteiger partial charge in [0, 0.05) is 5.69 Å². The molecule has 4 nitrogen and oxygen atoms in total. The summed E-state index contributed by atoms with van der Waals surface area (Å²) < 4.78 is 47.6. The number of ether oxygens (including phenoxy) is 2. The third kappa shape index (κ3) is 4.83. The van der Waals surface area contributed by atoms with Crippen LogP contribution in [0.25, 0.3) is 0 Å². The standard InChI is InChI=1S/C13H14F3NO3/c1-19-10-5-3-9(4-6-10)17-11(13(14,15)16)7-8-12(18)20-2/h3-7,17H,8H2,1-2H3/b11-7-. The molecule has 1 aromatic rings. The van der Waals surface area contributed by atoms with E-state index in [4.69, 9.17) is 4.74 Å². The van der Waals surface area contributed by atoms with Crippen molar-refractivity contribution in [1.82, 2.24) is 0 Å². The molecule has 7 heteroatoms. The van der Waals surface area contributed by atoms with Crippen molar-refractivity contribution in [3.05, 3.63) is 36.0 Å². The Morgan fingerprint density at radius 2 is 1.85 bits per heavy atom. The van der Waals surface area contributed by atoms with Gasteiger partial charge in [-0.3, -0.25) is 4.79 Å². The monoisotopic (exact) mass is 289 g/mol. The number of allylic oxidation sites excluding steroid dienone is 1. The lowest BCUT2D eigenvalue weighted by Crippen LogP contribution is -2.19. The molecule has 0 saturated carbocycles. The highest BCUT2D eigenvalue weighted by molar-refractivity contribution is 5.71. The number of hydrogen-bond acceptors (Lipinski definition) is 4. The van der Waals surface area contributed by atoms with Crippen LogP contribution in [0.3, 0.4) is 0 Å². The molecule has 0 atom stereocenters. The van der Waals surface area contributed by atoms with E-state index in [0.717, 1.165) is 13.2 Å². The van der Waals surface area contributed by atoms with E-state index in [1.807, 2.05) is 0 Å². The summed E-state index contributed by atoms with van der Waals surface area (Å²) in [5.74, 6) is -0.217. The molecule has 0 radical (unpaired) electrons. The van der Waals surface area contributed by atoms with Crippen LogP contribution in [-0.4, -0.2) is 26.4 Å². The fraction of sp³-hybridized carbons (Fsp3) is 0.308. The van der Waals surface area contributed by atoms with Gasteiger partial charge in [-0.25, -0.2) is 0 Å². The summed E-state index contributed by atoms with van der Waals surface area (Å²) in [5.41, 5.74) is -0.785. The smallest absolute Gasteiger partial charge is 0.430 e. The third-order valence-electron chi connectivity index (χ3n) is 2.37. The van der Waals surface area contributed by atoms with Crippen LogP contribution in [0.1, 0.15) is 6.42 Å². The molecule has 0 fully saturated rings. The van der Waals surface area contributed by atoms with Crippen molar-refractivity contribution >= 4 is 11.7 Å². The Morgan fingerprint density at radius 3 is 2.30 bits per heavy atom. The van der Waals surface area contributed by atoms with Gasteiger partial charge in [0.1, 0.15) is 11.4 Å². The number of nitrogens with one attached hydrogen (secondary N) is 1. The molecule has 0 aliphatic rings. The summed E-state index contributed by atoms with van der Waals surface area (Å²) in [4.78, 5) is 10.9. The Balaban J connectivity index is 2.86. The van der Waals surface area contributed by atoms with Gasteiger partial charge in [0.2, 0.25) is 0 Å². The normalized spacial score (nSPS) is 11.9. The summed E-state index contributed by atoms with van der Waals surface area (Å²) in [6.07, 6.45) is -4.31. The molecule has 0 bridgehead atoms. The first-order valence-electron chi connectivity index (χ1n) is 5.62. The molecule has 20 heavy (non-hydrogen) atoms.